The van der Waals surface area contributed by atoms with Crippen LogP contribution in [0.25, 0.3) is 0 Å². The Morgan fingerprint density at radius 2 is 2.23 bits per heavy atom. The van der Waals surface area contributed by atoms with Gasteiger partial charge in [0, 0.05) is 12.5 Å². The van der Waals surface area contributed by atoms with Gasteiger partial charge in [-0.1, -0.05) is 6.92 Å². The van der Waals surface area contributed by atoms with Crippen molar-refractivity contribution in [2.24, 2.45) is 11.7 Å². The van der Waals surface area contributed by atoms with Crippen molar-refractivity contribution in [2.75, 3.05) is 0 Å². The molecule has 13 heavy (non-hydrogen) atoms. The molecule has 72 valence electrons. The largest absolute Gasteiger partial charge is 0.324 e. The summed E-state index contributed by atoms with van der Waals surface area (Å²) in [6, 6.07) is 0. The van der Waals surface area contributed by atoms with Crippen LogP contribution in [0.4, 0.5) is 0 Å². The third kappa shape index (κ3) is 1.35. The number of hydrogen-bond acceptors (Lipinski definition) is 3. The molecule has 0 aromatic carbocycles. The molecule has 2 N–H and O–H groups in total. The van der Waals surface area contributed by atoms with Gasteiger partial charge in [-0.25, -0.2) is 0 Å². The molecule has 1 aliphatic rings. The third-order valence-corrected chi connectivity index (χ3v) is 2.80. The van der Waals surface area contributed by atoms with Gasteiger partial charge < -0.3 is 10.3 Å². The van der Waals surface area contributed by atoms with E-state index in [4.69, 9.17) is 5.73 Å². The summed E-state index contributed by atoms with van der Waals surface area (Å²) in [5.41, 5.74) is 5.57. The second-order valence-electron chi connectivity index (χ2n) is 3.74. The van der Waals surface area contributed by atoms with Gasteiger partial charge in [0.15, 0.2) is 0 Å². The van der Waals surface area contributed by atoms with E-state index in [-0.39, 0.29) is 0 Å². The van der Waals surface area contributed by atoms with Crippen molar-refractivity contribution in [3.63, 3.8) is 0 Å². The van der Waals surface area contributed by atoms with Crippen LogP contribution in [0.3, 0.4) is 0 Å². The van der Waals surface area contributed by atoms with Gasteiger partial charge in [0.1, 0.15) is 11.6 Å². The Bertz CT molecular complexity index is 305. The number of aromatic nitrogens is 3. The average molecular weight is 180 g/mol. The molecule has 0 aliphatic heterocycles. The van der Waals surface area contributed by atoms with E-state index in [9.17, 15) is 0 Å². The van der Waals surface area contributed by atoms with Crippen molar-refractivity contribution in [1.29, 1.82) is 0 Å². The molecule has 4 nitrogen and oxygen atoms in total. The van der Waals surface area contributed by atoms with Crippen LogP contribution >= 0.6 is 0 Å². The first-order chi connectivity index (χ1) is 6.27. The lowest BCUT2D eigenvalue weighted by Gasteiger charge is -2.04. The van der Waals surface area contributed by atoms with Crippen molar-refractivity contribution in [1.82, 2.24) is 14.8 Å². The maximum Gasteiger partial charge on any atom is 0.146 e. The highest BCUT2D eigenvalue weighted by molar-refractivity contribution is 5.11. The Morgan fingerprint density at radius 3 is 2.69 bits per heavy atom. The molecule has 1 heterocycles. The van der Waals surface area contributed by atoms with Crippen molar-refractivity contribution in [3.8, 4) is 0 Å². The normalized spacial score (nSPS) is 26.4. The summed E-state index contributed by atoms with van der Waals surface area (Å²) in [6.45, 7) is 5.78. The molecular weight excluding hydrogens is 164 g/mol. The van der Waals surface area contributed by atoms with E-state index in [0.29, 0.717) is 12.5 Å². The zero-order valence-corrected chi connectivity index (χ0v) is 8.20. The minimum Gasteiger partial charge on any atom is -0.324 e. The van der Waals surface area contributed by atoms with Gasteiger partial charge in [0.25, 0.3) is 0 Å². The van der Waals surface area contributed by atoms with Crippen LogP contribution in [0.1, 0.15) is 37.8 Å². The molecule has 4 heteroatoms. The molecule has 0 radical (unpaired) electrons. The van der Waals surface area contributed by atoms with Gasteiger partial charge in [-0.2, -0.15) is 0 Å². The van der Waals surface area contributed by atoms with Crippen molar-refractivity contribution in [2.45, 2.75) is 39.3 Å². The lowest BCUT2D eigenvalue weighted by molar-refractivity contribution is 0.651. The molecule has 2 atom stereocenters. The van der Waals surface area contributed by atoms with Gasteiger partial charge in [-0.15, -0.1) is 10.2 Å². The zero-order valence-electron chi connectivity index (χ0n) is 8.20. The molecule has 1 fully saturated rings. The van der Waals surface area contributed by atoms with E-state index < -0.39 is 0 Å². The molecule has 1 aliphatic carbocycles. The first-order valence-electron chi connectivity index (χ1n) is 4.90. The molecule has 1 aromatic heterocycles. The predicted molar refractivity (Wildman–Crippen MR) is 50.1 cm³/mol. The van der Waals surface area contributed by atoms with E-state index in [0.717, 1.165) is 24.1 Å². The van der Waals surface area contributed by atoms with Crippen LogP contribution in [-0.2, 0) is 13.1 Å². The highest BCUT2D eigenvalue weighted by Crippen LogP contribution is 2.46. The van der Waals surface area contributed by atoms with Crippen LogP contribution in [0, 0.1) is 5.92 Å². The molecule has 1 saturated carbocycles. The minimum absolute atomic E-state index is 0.488. The number of rotatable bonds is 3. The van der Waals surface area contributed by atoms with Gasteiger partial charge in [-0.05, 0) is 19.3 Å². The quantitative estimate of drug-likeness (QED) is 0.751. The fourth-order valence-corrected chi connectivity index (χ4v) is 1.80. The number of nitrogens with zero attached hydrogens (tertiary/aromatic N) is 3. The Labute approximate surface area is 78.1 Å². The maximum absolute atomic E-state index is 5.57. The first kappa shape index (κ1) is 8.69. The standard InChI is InChI=1S/C9H16N4/c1-3-13-8(5-10)11-12-9(13)7-4-6(7)2/h6-7H,3-5,10H2,1-2H3. The number of nitrogens with two attached hydrogens (primary N) is 1. The maximum atomic E-state index is 5.57. The summed E-state index contributed by atoms with van der Waals surface area (Å²) < 4.78 is 2.15. The van der Waals surface area contributed by atoms with Gasteiger partial charge >= 0.3 is 0 Å². The summed E-state index contributed by atoms with van der Waals surface area (Å²) in [6.07, 6.45) is 1.25. The molecule has 0 bridgehead atoms. The lowest BCUT2D eigenvalue weighted by Crippen LogP contribution is -2.09. The van der Waals surface area contributed by atoms with E-state index >= 15 is 0 Å². The van der Waals surface area contributed by atoms with E-state index in [1.165, 1.54) is 6.42 Å². The SMILES string of the molecule is CCn1c(CN)nnc1C1CC1C. The minimum atomic E-state index is 0.488. The second-order valence-corrected chi connectivity index (χ2v) is 3.74. The van der Waals surface area contributed by atoms with E-state index in [2.05, 4.69) is 28.6 Å². The lowest BCUT2D eigenvalue weighted by atomic mass is 10.3. The van der Waals surface area contributed by atoms with Crippen LogP contribution < -0.4 is 5.73 Å². The van der Waals surface area contributed by atoms with Crippen LogP contribution in [0.2, 0.25) is 0 Å². The predicted octanol–water partition coefficient (Wildman–Crippen LogP) is 0.880. The molecular formula is C9H16N4. The Kier molecular flexibility index (Phi) is 2.07. The summed E-state index contributed by atoms with van der Waals surface area (Å²) in [5, 5.41) is 8.29. The molecule has 2 rings (SSSR count). The topological polar surface area (TPSA) is 56.7 Å². The highest BCUT2D eigenvalue weighted by Gasteiger charge is 2.38. The Balaban J connectivity index is 2.29. The van der Waals surface area contributed by atoms with Crippen molar-refractivity contribution in [3.05, 3.63) is 11.6 Å². The number of hydrogen-bond donors (Lipinski definition) is 1. The average Bonchev–Trinajstić information content (AvgIpc) is 2.72. The zero-order chi connectivity index (χ0) is 9.42. The third-order valence-electron chi connectivity index (χ3n) is 2.80. The van der Waals surface area contributed by atoms with E-state index in [1.54, 1.807) is 0 Å². The fourth-order valence-electron chi connectivity index (χ4n) is 1.80. The Hall–Kier alpha value is -0.900. The highest BCUT2D eigenvalue weighted by atomic mass is 15.3. The summed E-state index contributed by atoms with van der Waals surface area (Å²) in [4.78, 5) is 0. The van der Waals surface area contributed by atoms with Crippen LogP contribution in [-0.4, -0.2) is 14.8 Å². The summed E-state index contributed by atoms with van der Waals surface area (Å²) in [5.74, 6) is 3.46. The Morgan fingerprint density at radius 1 is 1.54 bits per heavy atom. The van der Waals surface area contributed by atoms with Gasteiger partial charge in [-0.3, -0.25) is 0 Å². The molecule has 0 saturated heterocycles. The van der Waals surface area contributed by atoms with Crippen molar-refractivity contribution < 1.29 is 0 Å². The molecule has 0 spiro atoms. The van der Waals surface area contributed by atoms with Crippen LogP contribution in [0.15, 0.2) is 0 Å². The first-order valence-corrected chi connectivity index (χ1v) is 4.90. The van der Waals surface area contributed by atoms with E-state index in [1.807, 2.05) is 0 Å². The molecule has 0 amide bonds. The summed E-state index contributed by atoms with van der Waals surface area (Å²) >= 11 is 0. The van der Waals surface area contributed by atoms with Crippen LogP contribution in [0.5, 0.6) is 0 Å². The van der Waals surface area contributed by atoms with Crippen molar-refractivity contribution >= 4 is 0 Å². The van der Waals surface area contributed by atoms with Gasteiger partial charge in [0.2, 0.25) is 0 Å². The molecule has 2 unspecified atom stereocenters. The monoisotopic (exact) mass is 180 g/mol. The molecule has 1 aromatic rings. The summed E-state index contributed by atoms with van der Waals surface area (Å²) in [7, 11) is 0. The van der Waals surface area contributed by atoms with Gasteiger partial charge in [0.05, 0.1) is 6.54 Å². The second kappa shape index (κ2) is 3.10. The fraction of sp³-hybridized carbons (Fsp3) is 0.778. The smallest absolute Gasteiger partial charge is 0.146 e.